The Bertz CT molecular complexity index is 191. The predicted octanol–water partition coefficient (Wildman–Crippen LogP) is 0.0362. The summed E-state index contributed by atoms with van der Waals surface area (Å²) >= 11 is 0. The van der Waals surface area contributed by atoms with Crippen molar-refractivity contribution in [2.24, 2.45) is 0 Å². The average Bonchev–Trinajstić information content (AvgIpc) is 2.35. The van der Waals surface area contributed by atoms with Gasteiger partial charge in [0.1, 0.15) is 24.4 Å². The van der Waals surface area contributed by atoms with Crippen LogP contribution in [0.4, 0.5) is 0 Å². The van der Waals surface area contributed by atoms with Crippen LogP contribution in [-0.4, -0.2) is 42.4 Å². The second-order valence-corrected chi connectivity index (χ2v) is 4.25. The third-order valence-corrected chi connectivity index (χ3v) is 3.59. The molecule has 1 saturated heterocycles. The summed E-state index contributed by atoms with van der Waals surface area (Å²) in [5, 5.41) is 9.19. The molecule has 6 nitrogen and oxygen atoms in total. The van der Waals surface area contributed by atoms with E-state index in [1.54, 1.807) is 0 Å². The summed E-state index contributed by atoms with van der Waals surface area (Å²) in [5.41, 5.74) is 0. The van der Waals surface area contributed by atoms with Gasteiger partial charge in [0.15, 0.2) is 6.29 Å². The molecule has 0 radical (unpaired) electrons. The van der Waals surface area contributed by atoms with Gasteiger partial charge in [0.05, 0.1) is 6.61 Å². The molecule has 1 N–H and O–H groups in total. The molecule has 0 spiro atoms. The van der Waals surface area contributed by atoms with Crippen molar-refractivity contribution in [1.82, 2.24) is 0 Å². The zero-order chi connectivity index (χ0) is 12.1. The van der Waals surface area contributed by atoms with Gasteiger partial charge in [-0.05, 0) is 0 Å². The van der Waals surface area contributed by atoms with Gasteiger partial charge >= 0.3 is 0 Å². The lowest BCUT2D eigenvalue weighted by Gasteiger charge is -2.43. The number of aliphatic hydroxyl groups excluding tert-OH is 1. The van der Waals surface area contributed by atoms with Gasteiger partial charge in [0, 0.05) is 37.9 Å². The van der Waals surface area contributed by atoms with Crippen molar-refractivity contribution in [3.8, 4) is 0 Å². The number of hydrogen-bond donors (Lipinski definition) is 1. The van der Waals surface area contributed by atoms with Crippen LogP contribution in [-0.2, 0) is 22.8 Å². The van der Waals surface area contributed by atoms with Crippen LogP contribution in [0.2, 0.25) is 0 Å². The number of hydrogen-bond acceptors (Lipinski definition) is 6. The van der Waals surface area contributed by atoms with E-state index in [1.165, 1.54) is 0 Å². The van der Waals surface area contributed by atoms with E-state index >= 15 is 0 Å². The maximum absolute atomic E-state index is 9.19. The SMILES string of the molecule is OCC1OC(OP)C(OP)C(OP)C1OP. The molecule has 1 aliphatic heterocycles. The van der Waals surface area contributed by atoms with E-state index in [0.717, 1.165) is 0 Å². The third kappa shape index (κ3) is 3.28. The molecular weight excluding hydrogens is 292 g/mol. The van der Waals surface area contributed by atoms with Crippen LogP contribution in [0.15, 0.2) is 0 Å². The molecule has 0 saturated carbocycles. The number of aliphatic hydroxyl groups is 1. The van der Waals surface area contributed by atoms with E-state index in [-0.39, 0.29) is 6.61 Å². The molecule has 0 aliphatic carbocycles. The maximum Gasteiger partial charge on any atom is 0.190 e. The lowest BCUT2D eigenvalue weighted by atomic mass is 9.99. The quantitative estimate of drug-likeness (QED) is 0.723. The summed E-state index contributed by atoms with van der Waals surface area (Å²) in [6.45, 7) is -0.197. The molecule has 9 atom stereocenters. The van der Waals surface area contributed by atoms with Crippen LogP contribution >= 0.6 is 37.9 Å². The van der Waals surface area contributed by atoms with Crippen LogP contribution < -0.4 is 0 Å². The molecule has 96 valence electrons. The Morgan fingerprint density at radius 1 is 0.875 bits per heavy atom. The fourth-order valence-corrected chi connectivity index (χ4v) is 2.74. The van der Waals surface area contributed by atoms with Gasteiger partial charge < -0.3 is 27.9 Å². The van der Waals surface area contributed by atoms with Gasteiger partial charge in [-0.25, -0.2) is 0 Å². The van der Waals surface area contributed by atoms with Gasteiger partial charge in [-0.3, -0.25) is 0 Å². The molecule has 1 fully saturated rings. The highest BCUT2D eigenvalue weighted by molar-refractivity contribution is 7.10. The van der Waals surface area contributed by atoms with Crippen LogP contribution in [0, 0.1) is 0 Å². The van der Waals surface area contributed by atoms with Gasteiger partial charge in [0.2, 0.25) is 0 Å². The lowest BCUT2D eigenvalue weighted by molar-refractivity contribution is -0.253. The first-order chi connectivity index (χ1) is 7.73. The second-order valence-electron chi connectivity index (χ2n) is 3.16. The molecule has 16 heavy (non-hydrogen) atoms. The summed E-state index contributed by atoms with van der Waals surface area (Å²) in [4.78, 5) is 0. The minimum absolute atomic E-state index is 0.197. The Labute approximate surface area is 104 Å². The standard InChI is InChI=1S/C6H16O6P4/c7-1-2-3(9-13)4(10-14)5(11-15)6(8-2)12-16/h2-7H,1,13-16H2. The Balaban J connectivity index is 2.85. The summed E-state index contributed by atoms with van der Waals surface area (Å²) in [5.74, 6) is 0. The van der Waals surface area contributed by atoms with E-state index in [0.29, 0.717) is 0 Å². The van der Waals surface area contributed by atoms with Crippen molar-refractivity contribution in [3.63, 3.8) is 0 Å². The van der Waals surface area contributed by atoms with E-state index in [9.17, 15) is 5.11 Å². The first-order valence-electron chi connectivity index (χ1n) is 4.41. The highest BCUT2D eigenvalue weighted by Crippen LogP contribution is 2.32. The number of rotatable bonds is 5. The van der Waals surface area contributed by atoms with Crippen LogP contribution in [0.5, 0.6) is 0 Å². The van der Waals surface area contributed by atoms with E-state index in [2.05, 4.69) is 37.9 Å². The molecular formula is C6H16O6P4. The molecule has 1 heterocycles. The van der Waals surface area contributed by atoms with Crippen molar-refractivity contribution in [3.05, 3.63) is 0 Å². The maximum atomic E-state index is 9.19. The monoisotopic (exact) mass is 308 g/mol. The zero-order valence-electron chi connectivity index (χ0n) is 8.39. The van der Waals surface area contributed by atoms with Gasteiger partial charge in [-0.1, -0.05) is 0 Å². The number of ether oxygens (including phenoxy) is 1. The Morgan fingerprint density at radius 3 is 1.81 bits per heavy atom. The summed E-state index contributed by atoms with van der Waals surface area (Å²) < 4.78 is 26.1. The van der Waals surface area contributed by atoms with Crippen molar-refractivity contribution < 1.29 is 27.9 Å². The van der Waals surface area contributed by atoms with Crippen LogP contribution in [0.3, 0.4) is 0 Å². The van der Waals surface area contributed by atoms with E-state index < -0.39 is 30.7 Å². The van der Waals surface area contributed by atoms with Crippen molar-refractivity contribution in [1.29, 1.82) is 0 Å². The topological polar surface area (TPSA) is 66.4 Å². The van der Waals surface area contributed by atoms with Crippen molar-refractivity contribution >= 4 is 37.9 Å². The van der Waals surface area contributed by atoms with Crippen LogP contribution in [0.25, 0.3) is 0 Å². The highest BCUT2D eigenvalue weighted by atomic mass is 31.0. The first-order valence-corrected chi connectivity index (χ1v) is 6.30. The Morgan fingerprint density at radius 2 is 1.44 bits per heavy atom. The fraction of sp³-hybridized carbons (Fsp3) is 1.00. The lowest BCUT2D eigenvalue weighted by Crippen LogP contribution is -2.59. The second kappa shape index (κ2) is 7.81. The van der Waals surface area contributed by atoms with E-state index in [1.807, 2.05) is 0 Å². The molecule has 1 aliphatic rings. The van der Waals surface area contributed by atoms with Crippen molar-refractivity contribution in [2.45, 2.75) is 30.7 Å². The normalized spacial score (nSPS) is 39.9. The fourth-order valence-electron chi connectivity index (χ4n) is 1.60. The first kappa shape index (κ1) is 15.5. The third-order valence-electron chi connectivity index (χ3n) is 2.38. The smallest absolute Gasteiger partial charge is 0.190 e. The van der Waals surface area contributed by atoms with Gasteiger partial charge in [0.25, 0.3) is 0 Å². The van der Waals surface area contributed by atoms with Crippen LogP contribution in [0.1, 0.15) is 0 Å². The Kier molecular flexibility index (Phi) is 7.59. The summed E-state index contributed by atoms with van der Waals surface area (Å²) in [6.07, 6.45) is -2.56. The molecule has 0 amide bonds. The molecule has 0 aromatic rings. The van der Waals surface area contributed by atoms with E-state index in [4.69, 9.17) is 22.8 Å². The molecule has 1 rings (SSSR count). The summed E-state index contributed by atoms with van der Waals surface area (Å²) in [6, 6.07) is 0. The molecule has 10 heteroatoms. The zero-order valence-corrected chi connectivity index (χ0v) is 13.0. The predicted molar refractivity (Wildman–Crippen MR) is 70.3 cm³/mol. The van der Waals surface area contributed by atoms with Gasteiger partial charge in [-0.15, -0.1) is 0 Å². The Hall–Kier alpha value is 1.48. The minimum atomic E-state index is -0.651. The molecule has 9 unspecified atom stereocenters. The summed E-state index contributed by atoms with van der Waals surface area (Å²) in [7, 11) is 8.50. The van der Waals surface area contributed by atoms with Gasteiger partial charge in [-0.2, -0.15) is 0 Å². The largest absolute Gasteiger partial charge is 0.394 e. The molecule has 0 bridgehead atoms. The van der Waals surface area contributed by atoms with Crippen molar-refractivity contribution in [2.75, 3.05) is 6.61 Å². The molecule has 0 aromatic carbocycles. The average molecular weight is 308 g/mol. The highest BCUT2D eigenvalue weighted by Gasteiger charge is 2.47. The minimum Gasteiger partial charge on any atom is -0.394 e. The molecule has 0 aromatic heterocycles.